The number of nitrogens with one attached hydrogen (secondary N) is 1. The first kappa shape index (κ1) is 41.7. The molecule has 9 atom stereocenters. The topological polar surface area (TPSA) is 153 Å². The third-order valence-electron chi connectivity index (χ3n) is 10.2. The number of hydrogen-bond donors (Lipinski definition) is 3. The molecule has 0 spiro atoms. The second-order valence-corrected chi connectivity index (χ2v) is 16.5. The quantitative estimate of drug-likeness (QED) is 0.180. The van der Waals surface area contributed by atoms with Gasteiger partial charge in [-0.05, 0) is 43.9 Å². The number of ketones is 1. The van der Waals surface area contributed by atoms with Gasteiger partial charge in [0.2, 0.25) is 5.91 Å². The number of halogens is 1. The largest absolute Gasteiger partial charge is 0.495 e. The van der Waals surface area contributed by atoms with Crippen LogP contribution in [0.15, 0.2) is 35.9 Å². The van der Waals surface area contributed by atoms with Crippen molar-refractivity contribution < 1.29 is 48.0 Å². The lowest BCUT2D eigenvalue weighted by Crippen LogP contribution is -2.63. The Morgan fingerprint density at radius 3 is 2.54 bits per heavy atom. The zero-order valence-electron chi connectivity index (χ0n) is 31.4. The minimum atomic E-state index is -1.81. The number of fused-ring (bicyclic) bond motifs is 5. The molecule has 1 aromatic carbocycles. The summed E-state index contributed by atoms with van der Waals surface area (Å²) in [5.41, 5.74) is 0.554. The van der Waals surface area contributed by atoms with Gasteiger partial charge in [-0.3, -0.25) is 14.9 Å². The maximum atomic E-state index is 14.1. The van der Waals surface area contributed by atoms with Crippen molar-refractivity contribution in [3.8, 4) is 5.75 Å². The smallest absolute Gasteiger partial charge is 0.409 e. The van der Waals surface area contributed by atoms with Crippen LogP contribution in [0.1, 0.15) is 84.3 Å². The molecule has 0 aromatic heterocycles. The van der Waals surface area contributed by atoms with Crippen LogP contribution in [0.2, 0.25) is 5.02 Å². The van der Waals surface area contributed by atoms with E-state index in [4.69, 9.17) is 35.3 Å². The molecular weight excluding hydrogens is 712 g/mol. The average Bonchev–Trinajstić information content (AvgIpc) is 3.87. The zero-order valence-corrected chi connectivity index (χ0v) is 33.1. The number of ether oxygens (including phenoxy) is 5. The number of allylic oxidation sites excluding steroid dienone is 3. The highest BCUT2D eigenvalue weighted by Crippen LogP contribution is 2.42. The molecule has 1 aliphatic carbocycles. The maximum Gasteiger partial charge on any atom is 0.409 e. The van der Waals surface area contributed by atoms with E-state index in [-0.39, 0.29) is 35.7 Å². The first-order chi connectivity index (χ1) is 24.3. The van der Waals surface area contributed by atoms with Crippen LogP contribution in [-0.4, -0.2) is 102 Å². The van der Waals surface area contributed by atoms with Crippen molar-refractivity contribution in [1.82, 2.24) is 10.2 Å². The van der Waals surface area contributed by atoms with Gasteiger partial charge in [0.1, 0.15) is 42.0 Å². The fourth-order valence-corrected chi connectivity index (χ4v) is 7.12. The molecule has 4 bridgehead atoms. The highest BCUT2D eigenvalue weighted by Gasteiger charge is 2.56. The molecular formula is C38H53ClN2O10S. The molecule has 0 saturated carbocycles. The number of benzene rings is 1. The molecule has 8 unspecified atom stereocenters. The molecule has 14 heteroatoms. The van der Waals surface area contributed by atoms with E-state index >= 15 is 0 Å². The Balaban J connectivity index is 1.70. The number of esters is 1. The molecule has 2 saturated heterocycles. The van der Waals surface area contributed by atoms with E-state index < -0.39 is 66.2 Å². The molecule has 2 fully saturated rings. The normalized spacial score (nSPS) is 31.8. The molecule has 2 amide bonds. The fraction of sp³-hybridized carbons (Fsp3) is 0.632. The first-order valence-corrected chi connectivity index (χ1v) is 18.4. The lowest BCUT2D eigenvalue weighted by Gasteiger charge is -2.41. The monoisotopic (exact) mass is 764 g/mol. The number of aliphatic hydroxyl groups is 1. The first-order valence-electron chi connectivity index (χ1n) is 17.6. The number of amides is 2. The Kier molecular flexibility index (Phi) is 13.6. The van der Waals surface area contributed by atoms with Crippen LogP contribution in [0.25, 0.3) is 0 Å². The molecule has 12 nitrogen and oxygen atoms in total. The third kappa shape index (κ3) is 10.1. The van der Waals surface area contributed by atoms with Crippen molar-refractivity contribution >= 4 is 48.0 Å². The molecule has 0 radical (unpaired) electrons. The molecule has 4 rings (SSSR count). The summed E-state index contributed by atoms with van der Waals surface area (Å²) in [7, 11) is 4.48. The maximum absolute atomic E-state index is 14.1. The van der Waals surface area contributed by atoms with Gasteiger partial charge in [-0.25, -0.2) is 9.59 Å². The molecule has 288 valence electrons. The third-order valence-corrected chi connectivity index (χ3v) is 10.9. The van der Waals surface area contributed by atoms with Gasteiger partial charge in [0, 0.05) is 50.0 Å². The predicted molar refractivity (Wildman–Crippen MR) is 199 cm³/mol. The van der Waals surface area contributed by atoms with Crippen LogP contribution in [0, 0.1) is 5.92 Å². The summed E-state index contributed by atoms with van der Waals surface area (Å²) in [5, 5.41) is 14.5. The van der Waals surface area contributed by atoms with Crippen molar-refractivity contribution in [2.24, 2.45) is 5.92 Å². The van der Waals surface area contributed by atoms with Gasteiger partial charge in [0.25, 0.3) is 0 Å². The number of thiol groups is 1. The zero-order chi connectivity index (χ0) is 38.7. The number of rotatable bonds is 8. The van der Waals surface area contributed by atoms with Crippen LogP contribution >= 0.6 is 24.2 Å². The highest BCUT2D eigenvalue weighted by atomic mass is 35.5. The van der Waals surface area contributed by atoms with Gasteiger partial charge < -0.3 is 33.7 Å². The van der Waals surface area contributed by atoms with Crippen LogP contribution in [-0.2, 0) is 39.8 Å². The van der Waals surface area contributed by atoms with Gasteiger partial charge in [0.15, 0.2) is 5.72 Å². The highest BCUT2D eigenvalue weighted by molar-refractivity contribution is 7.81. The Morgan fingerprint density at radius 1 is 1.21 bits per heavy atom. The Labute approximate surface area is 316 Å². The SMILES string of the molecule is COc1cc2cc(c1Cl)C(C)C(=O)CC(OC(=O)[C@H](C)N(C)C(=O)CCC(C)(C)S)C1OC1C(C)C1CC(O)(NC(=O)O1)C(OC)/C=C/C=C(\C)C2. The number of alkyl carbamates (subject to hydrolysis) is 1. The number of likely N-dealkylation sites (N-methyl/N-ethyl adjacent to an activating group) is 1. The molecule has 3 aliphatic rings. The van der Waals surface area contributed by atoms with E-state index in [0.717, 1.165) is 11.1 Å². The summed E-state index contributed by atoms with van der Waals surface area (Å²) in [5.74, 6) is -1.98. The number of methoxy groups -OCH3 is 2. The number of carbonyl (C=O) groups is 4. The van der Waals surface area contributed by atoms with E-state index in [1.807, 2.05) is 39.0 Å². The van der Waals surface area contributed by atoms with Crippen molar-refractivity contribution in [1.29, 1.82) is 0 Å². The lowest BCUT2D eigenvalue weighted by molar-refractivity contribution is -0.160. The van der Waals surface area contributed by atoms with Crippen molar-refractivity contribution in [3.05, 3.63) is 52.1 Å². The summed E-state index contributed by atoms with van der Waals surface area (Å²) in [6.45, 7) is 10.9. The van der Waals surface area contributed by atoms with Gasteiger partial charge >= 0.3 is 12.1 Å². The van der Waals surface area contributed by atoms with Crippen molar-refractivity contribution in [2.45, 2.75) is 127 Å². The number of hydrogen-bond acceptors (Lipinski definition) is 11. The number of carbonyl (C=O) groups excluding carboxylic acids is 4. The van der Waals surface area contributed by atoms with E-state index in [9.17, 15) is 24.3 Å². The van der Waals surface area contributed by atoms with E-state index in [1.54, 1.807) is 32.9 Å². The Morgan fingerprint density at radius 2 is 1.90 bits per heavy atom. The summed E-state index contributed by atoms with van der Waals surface area (Å²) < 4.78 is 28.6. The predicted octanol–water partition coefficient (Wildman–Crippen LogP) is 5.32. The standard InChI is InChI=1S/C38H53ClN2O10S/c1-20-11-10-12-30(48-9)38(46)19-29(50-36(45)40-38)22(3)33-34(51-33)28(49-35(44)23(4)41(7)31(43)13-14-37(5,6)52)18-26(42)21(2)25-16-24(15-20)17-27(47-8)32(25)39/h10-12,16-17,21-23,28-30,33-34,46,52H,13-15,18-19H2,1-9H3,(H,40,45)/b12-10+,20-11+/t21?,22?,23-,28?,29?,30?,33?,34?,38?/m0/s1. The van der Waals surface area contributed by atoms with Crippen molar-refractivity contribution in [2.75, 3.05) is 21.3 Å². The molecule has 1 aromatic rings. The van der Waals surface area contributed by atoms with Gasteiger partial charge in [-0.15, -0.1) is 0 Å². The van der Waals surface area contributed by atoms with Crippen LogP contribution in [0.5, 0.6) is 5.75 Å². The number of Topliss-reactive ketones (excluding diaryl/α,β-unsaturated/α-hetero) is 1. The van der Waals surface area contributed by atoms with E-state index in [2.05, 4.69) is 17.9 Å². The molecule has 2 heterocycles. The number of nitrogens with zero attached hydrogens (tertiary/aromatic N) is 1. The van der Waals surface area contributed by atoms with Crippen LogP contribution in [0.4, 0.5) is 4.79 Å². The Hall–Kier alpha value is -3.10. The summed E-state index contributed by atoms with van der Waals surface area (Å²) in [4.78, 5) is 54.8. The molecule has 2 N–H and O–H groups in total. The average molecular weight is 765 g/mol. The summed E-state index contributed by atoms with van der Waals surface area (Å²) >= 11 is 11.3. The minimum absolute atomic E-state index is 0.0321. The van der Waals surface area contributed by atoms with Crippen LogP contribution < -0.4 is 10.1 Å². The molecule has 52 heavy (non-hydrogen) atoms. The van der Waals surface area contributed by atoms with Crippen molar-refractivity contribution in [3.63, 3.8) is 0 Å². The van der Waals surface area contributed by atoms with E-state index in [0.29, 0.717) is 29.2 Å². The van der Waals surface area contributed by atoms with Gasteiger partial charge in [0.05, 0.1) is 18.2 Å². The van der Waals surface area contributed by atoms with Gasteiger partial charge in [-0.1, -0.05) is 69.2 Å². The second kappa shape index (κ2) is 16.9. The summed E-state index contributed by atoms with van der Waals surface area (Å²) in [6, 6.07) is 2.73. The fourth-order valence-electron chi connectivity index (χ4n) is 6.66. The minimum Gasteiger partial charge on any atom is -0.495 e. The second-order valence-electron chi connectivity index (χ2n) is 14.9. The molecule has 2 aliphatic heterocycles. The van der Waals surface area contributed by atoms with Gasteiger partial charge in [-0.2, -0.15) is 12.6 Å². The Bertz CT molecular complexity index is 1580. The lowest BCUT2D eigenvalue weighted by atomic mass is 9.86. The van der Waals surface area contributed by atoms with E-state index in [1.165, 1.54) is 26.2 Å². The van der Waals surface area contributed by atoms with Crippen LogP contribution in [0.3, 0.4) is 0 Å². The number of epoxide rings is 1. The summed E-state index contributed by atoms with van der Waals surface area (Å²) in [6.07, 6.45) is 1.29.